The molecular weight excluding hydrogens is 802 g/mol. The number of nitrogens with zero attached hydrogens (tertiary/aromatic N) is 2. The van der Waals surface area contributed by atoms with Gasteiger partial charge in [0.05, 0.1) is 18.5 Å². The quantitative estimate of drug-likeness (QED) is 0.151. The third kappa shape index (κ3) is 7.05. The van der Waals surface area contributed by atoms with Crippen LogP contribution in [0.4, 0.5) is 11.4 Å². The predicted octanol–water partition coefficient (Wildman–Crippen LogP) is 9.13. The van der Waals surface area contributed by atoms with Crippen LogP contribution in [-0.2, 0) is 0 Å². The van der Waals surface area contributed by atoms with Crippen LogP contribution < -0.4 is 4.74 Å². The Morgan fingerprint density at radius 2 is 1.00 bits per heavy atom. The Morgan fingerprint density at radius 1 is 0.629 bits per heavy atom. The summed E-state index contributed by atoms with van der Waals surface area (Å²) in [7, 11) is 0. The molecule has 0 aliphatic carbocycles. The summed E-state index contributed by atoms with van der Waals surface area (Å²) in [6.45, 7) is 0. The van der Waals surface area contributed by atoms with Gasteiger partial charge in [0.15, 0.2) is 0 Å². The van der Waals surface area contributed by atoms with E-state index in [0.717, 1.165) is 27.5 Å². The van der Waals surface area contributed by atoms with E-state index in [9.17, 15) is 10.2 Å². The van der Waals surface area contributed by atoms with E-state index in [1.807, 2.05) is 72.8 Å². The number of aromatic hydroxyl groups is 2. The van der Waals surface area contributed by atoms with Crippen LogP contribution in [0.2, 0.25) is 0 Å². The van der Waals surface area contributed by atoms with Gasteiger partial charge in [0.25, 0.3) is 0 Å². The number of phenols is 2. The molecule has 9 heteroatoms. The van der Waals surface area contributed by atoms with Crippen LogP contribution in [0.5, 0.6) is 23.0 Å². The van der Waals surface area contributed by atoms with E-state index >= 15 is 0 Å². The maximum Gasteiger partial charge on any atom is 0.137 e. The number of hydrogen-bond acceptors (Lipinski definition) is 5. The van der Waals surface area contributed by atoms with Crippen molar-refractivity contribution in [2.45, 2.75) is 0 Å². The van der Waals surface area contributed by atoms with Gasteiger partial charge in [-0.3, -0.25) is 9.98 Å². The van der Waals surface area contributed by atoms with Crippen LogP contribution in [-0.4, -0.2) is 22.6 Å². The van der Waals surface area contributed by atoms with Crippen LogP contribution in [0.1, 0.15) is 11.1 Å². The van der Waals surface area contributed by atoms with Crippen molar-refractivity contribution < 1.29 is 14.9 Å². The summed E-state index contributed by atoms with van der Waals surface area (Å²) in [5.41, 5.74) is 2.75. The zero-order chi connectivity index (χ0) is 24.9. The van der Waals surface area contributed by atoms with E-state index in [-0.39, 0.29) is 11.5 Å². The predicted molar refractivity (Wildman–Crippen MR) is 165 cm³/mol. The molecule has 0 saturated heterocycles. The maximum absolute atomic E-state index is 10.2. The second-order valence-corrected chi connectivity index (χ2v) is 11.4. The van der Waals surface area contributed by atoms with Gasteiger partial charge in [-0.05, 0) is 118 Å². The lowest BCUT2D eigenvalue weighted by atomic mass is 10.2. The molecule has 0 atom stereocenters. The number of benzene rings is 4. The minimum Gasteiger partial charge on any atom is -0.506 e. The molecule has 4 aromatic rings. The van der Waals surface area contributed by atoms with Gasteiger partial charge in [0, 0.05) is 32.5 Å². The molecule has 4 aromatic carbocycles. The molecule has 0 saturated carbocycles. The summed E-state index contributed by atoms with van der Waals surface area (Å²) < 4.78 is 9.17. The lowest BCUT2D eigenvalue weighted by Gasteiger charge is -2.06. The number of halogens is 4. The highest BCUT2D eigenvalue weighted by molar-refractivity contribution is 14.1. The SMILES string of the molecule is Oc1c(I)cc(Br)cc1C=Nc1ccc(Oc2ccc(N=Cc3cc(Br)cc(I)c3O)cc2)cc1. The molecule has 2 N–H and O–H groups in total. The Hall–Kier alpha value is -1.96. The highest BCUT2D eigenvalue weighted by Gasteiger charge is 2.06. The van der Waals surface area contributed by atoms with Crippen molar-refractivity contribution in [2.24, 2.45) is 9.98 Å². The largest absolute Gasteiger partial charge is 0.506 e. The third-order valence-corrected chi connectivity index (χ3v) is 7.29. The Kier molecular flexibility index (Phi) is 8.84. The molecule has 0 unspecified atom stereocenters. The number of ether oxygens (including phenoxy) is 1. The Balaban J connectivity index is 1.40. The third-order valence-electron chi connectivity index (χ3n) is 4.73. The zero-order valence-electron chi connectivity index (χ0n) is 17.8. The molecule has 0 heterocycles. The first-order chi connectivity index (χ1) is 16.8. The highest BCUT2D eigenvalue weighted by atomic mass is 127. The van der Waals surface area contributed by atoms with Crippen molar-refractivity contribution >= 4 is 101 Å². The van der Waals surface area contributed by atoms with Gasteiger partial charge >= 0.3 is 0 Å². The fourth-order valence-electron chi connectivity index (χ4n) is 2.99. The van der Waals surface area contributed by atoms with E-state index in [1.165, 1.54) is 0 Å². The smallest absolute Gasteiger partial charge is 0.137 e. The molecule has 0 aliphatic rings. The van der Waals surface area contributed by atoms with E-state index in [2.05, 4.69) is 87.0 Å². The minimum absolute atomic E-state index is 0.202. The molecule has 0 amide bonds. The Labute approximate surface area is 246 Å². The summed E-state index contributed by atoms with van der Waals surface area (Å²) >= 11 is 11.0. The van der Waals surface area contributed by atoms with Gasteiger partial charge in [-0.1, -0.05) is 31.9 Å². The topological polar surface area (TPSA) is 74.4 Å². The molecule has 5 nitrogen and oxygen atoms in total. The molecule has 0 bridgehead atoms. The molecule has 176 valence electrons. The summed E-state index contributed by atoms with van der Waals surface area (Å²) in [6.07, 6.45) is 3.26. The summed E-state index contributed by atoms with van der Waals surface area (Å²) in [4.78, 5) is 8.88. The van der Waals surface area contributed by atoms with Crippen molar-refractivity contribution in [2.75, 3.05) is 0 Å². The van der Waals surface area contributed by atoms with Gasteiger partial charge in [0.2, 0.25) is 0 Å². The van der Waals surface area contributed by atoms with Gasteiger partial charge in [-0.15, -0.1) is 0 Å². The fraction of sp³-hybridized carbons (Fsp3) is 0. The fourth-order valence-corrected chi connectivity index (χ4v) is 6.09. The van der Waals surface area contributed by atoms with Crippen LogP contribution in [0, 0.1) is 7.14 Å². The average molecular weight is 818 g/mol. The number of hydrogen-bond donors (Lipinski definition) is 2. The molecular formula is C26H16Br2I2N2O3. The van der Waals surface area contributed by atoms with Crippen molar-refractivity contribution in [3.05, 3.63) is 100 Å². The molecule has 0 aliphatic heterocycles. The first kappa shape index (κ1) is 26.1. The maximum atomic E-state index is 10.2. The van der Waals surface area contributed by atoms with Crippen LogP contribution >= 0.6 is 77.0 Å². The molecule has 0 radical (unpaired) electrons. The highest BCUT2D eigenvalue weighted by Crippen LogP contribution is 2.30. The summed E-state index contributed by atoms with van der Waals surface area (Å²) in [5.74, 6) is 1.75. The van der Waals surface area contributed by atoms with Crippen LogP contribution in [0.15, 0.2) is 91.7 Å². The molecule has 0 fully saturated rings. The number of rotatable bonds is 6. The molecule has 4 rings (SSSR count). The lowest BCUT2D eigenvalue weighted by molar-refractivity contribution is 0.470. The zero-order valence-corrected chi connectivity index (χ0v) is 25.3. The van der Waals surface area contributed by atoms with Gasteiger partial charge in [0.1, 0.15) is 23.0 Å². The summed E-state index contributed by atoms with van der Waals surface area (Å²) in [6, 6.07) is 22.0. The van der Waals surface area contributed by atoms with E-state index in [1.54, 1.807) is 12.4 Å². The number of phenolic OH excluding ortho intramolecular Hbond substituents is 2. The van der Waals surface area contributed by atoms with Gasteiger partial charge < -0.3 is 14.9 Å². The van der Waals surface area contributed by atoms with E-state index in [4.69, 9.17) is 4.74 Å². The molecule has 0 spiro atoms. The standard InChI is InChI=1S/C26H16Br2I2N2O3/c27-17-9-15(25(33)23(29)11-17)13-31-19-1-5-21(6-2-19)35-22-7-3-20(4-8-22)32-14-16-10-18(28)12-24(30)26(16)34/h1-14,33-34H. The molecule has 0 aromatic heterocycles. The average Bonchev–Trinajstić information content (AvgIpc) is 2.83. The second kappa shape index (κ2) is 11.8. The summed E-state index contributed by atoms with van der Waals surface area (Å²) in [5, 5.41) is 20.4. The number of aliphatic imine (C=N–C) groups is 2. The van der Waals surface area contributed by atoms with Crippen molar-refractivity contribution in [3.63, 3.8) is 0 Å². The van der Waals surface area contributed by atoms with Crippen molar-refractivity contribution in [3.8, 4) is 23.0 Å². The molecule has 35 heavy (non-hydrogen) atoms. The minimum atomic E-state index is 0.202. The van der Waals surface area contributed by atoms with Crippen molar-refractivity contribution in [1.82, 2.24) is 0 Å². The second-order valence-electron chi connectivity index (χ2n) is 7.26. The van der Waals surface area contributed by atoms with Gasteiger partial charge in [-0.25, -0.2) is 0 Å². The lowest BCUT2D eigenvalue weighted by Crippen LogP contribution is -1.87. The first-order valence-electron chi connectivity index (χ1n) is 10.1. The Morgan fingerprint density at radius 3 is 1.37 bits per heavy atom. The Bertz CT molecular complexity index is 1320. The first-order valence-corrected chi connectivity index (χ1v) is 13.8. The van der Waals surface area contributed by atoms with Gasteiger partial charge in [-0.2, -0.15) is 0 Å². The monoisotopic (exact) mass is 816 g/mol. The van der Waals surface area contributed by atoms with Crippen LogP contribution in [0.3, 0.4) is 0 Å². The normalized spacial score (nSPS) is 11.4. The van der Waals surface area contributed by atoms with Crippen LogP contribution in [0.25, 0.3) is 0 Å². The van der Waals surface area contributed by atoms with E-state index < -0.39 is 0 Å². The van der Waals surface area contributed by atoms with E-state index in [0.29, 0.717) is 22.6 Å². The van der Waals surface area contributed by atoms with Crippen molar-refractivity contribution in [1.29, 1.82) is 0 Å².